The normalized spacial score (nSPS) is 9.87. The van der Waals surface area contributed by atoms with Crippen LogP contribution in [0.3, 0.4) is 0 Å². The van der Waals surface area contributed by atoms with Crippen LogP contribution >= 0.6 is 0 Å². The van der Waals surface area contributed by atoms with Crippen molar-refractivity contribution in [2.45, 2.75) is 26.7 Å². The van der Waals surface area contributed by atoms with Gasteiger partial charge in [-0.1, -0.05) is 25.7 Å². The van der Waals surface area contributed by atoms with Gasteiger partial charge in [0.2, 0.25) is 0 Å². The Kier molecular flexibility index (Phi) is 8.69. The van der Waals surface area contributed by atoms with Crippen LogP contribution in [0.4, 0.5) is 0 Å². The van der Waals surface area contributed by atoms with Crippen LogP contribution in [0.1, 0.15) is 58.5 Å². The molecule has 0 bridgehead atoms. The van der Waals surface area contributed by atoms with E-state index in [4.69, 9.17) is 21.2 Å². The smallest absolute Gasteiger partial charge is 0.268 e. The minimum atomic E-state index is -0.438. The van der Waals surface area contributed by atoms with Gasteiger partial charge in [0.25, 0.3) is 11.8 Å². The van der Waals surface area contributed by atoms with Gasteiger partial charge < -0.3 is 9.47 Å². The number of carbonyl (C=O) groups is 2. The molecule has 0 aliphatic heterocycles. The molecule has 2 amide bonds. The van der Waals surface area contributed by atoms with Crippen LogP contribution in [0.5, 0.6) is 11.5 Å². The monoisotopic (exact) mass is 410 g/mol. The molecular formula is C22H26N4O4. The summed E-state index contributed by atoms with van der Waals surface area (Å²) in [6.07, 6.45) is 1.59. The van der Waals surface area contributed by atoms with Crippen molar-refractivity contribution in [2.75, 3.05) is 13.2 Å². The zero-order valence-corrected chi connectivity index (χ0v) is 17.1. The molecule has 0 aliphatic carbocycles. The van der Waals surface area contributed by atoms with E-state index in [-0.39, 0.29) is 0 Å². The van der Waals surface area contributed by atoms with E-state index in [0.717, 1.165) is 12.8 Å². The molecule has 0 saturated heterocycles. The molecule has 158 valence electrons. The molecule has 0 saturated carbocycles. The molecule has 6 N–H and O–H groups in total. The first-order valence-corrected chi connectivity index (χ1v) is 9.61. The number of ether oxygens (including phenoxy) is 2. The summed E-state index contributed by atoms with van der Waals surface area (Å²) in [7, 11) is 0. The highest BCUT2D eigenvalue weighted by Gasteiger charge is 2.13. The lowest BCUT2D eigenvalue weighted by molar-refractivity contribution is 0.0941. The van der Waals surface area contributed by atoms with Gasteiger partial charge in [0.05, 0.1) is 24.3 Å². The van der Waals surface area contributed by atoms with Crippen LogP contribution in [-0.4, -0.2) is 25.0 Å². The molecule has 0 unspecified atom stereocenters. The van der Waals surface area contributed by atoms with Crippen molar-refractivity contribution >= 4 is 11.8 Å². The lowest BCUT2D eigenvalue weighted by atomic mass is 10.1. The number of nitrogens with two attached hydrogens (primary N) is 2. The van der Waals surface area contributed by atoms with Gasteiger partial charge in [0.15, 0.2) is 0 Å². The molecule has 0 aliphatic rings. The molecule has 0 heterocycles. The van der Waals surface area contributed by atoms with Crippen LogP contribution in [0.15, 0.2) is 36.4 Å². The fourth-order valence-electron chi connectivity index (χ4n) is 2.54. The van der Waals surface area contributed by atoms with Crippen LogP contribution in [0.2, 0.25) is 0 Å². The fraction of sp³-hybridized carbons (Fsp3) is 0.273. The summed E-state index contributed by atoms with van der Waals surface area (Å²) in [6.45, 7) is 4.87. The number of nitrogen functional groups attached to an aromatic ring is 2. The van der Waals surface area contributed by atoms with Crippen LogP contribution in [-0.2, 0) is 0 Å². The third-order valence-electron chi connectivity index (χ3n) is 3.99. The SMILES string of the molecule is CCCOc1cc(C#Cc2ccc(C(=O)NN)c(OCCC)c2)ccc1C(=O)NN. The number of nitrogens with one attached hydrogen (secondary N) is 2. The summed E-state index contributed by atoms with van der Waals surface area (Å²) in [5.41, 5.74) is 6.21. The van der Waals surface area contributed by atoms with Gasteiger partial charge in [-0.25, -0.2) is 11.7 Å². The highest BCUT2D eigenvalue weighted by molar-refractivity contribution is 5.97. The van der Waals surface area contributed by atoms with Crippen molar-refractivity contribution < 1.29 is 19.1 Å². The second-order valence-corrected chi connectivity index (χ2v) is 6.32. The van der Waals surface area contributed by atoms with E-state index in [1.165, 1.54) is 0 Å². The van der Waals surface area contributed by atoms with Crippen molar-refractivity contribution in [2.24, 2.45) is 11.7 Å². The van der Waals surface area contributed by atoms with Crippen molar-refractivity contribution in [1.29, 1.82) is 0 Å². The largest absolute Gasteiger partial charge is 0.493 e. The number of amides is 2. The molecule has 2 rings (SSSR count). The predicted molar refractivity (Wildman–Crippen MR) is 114 cm³/mol. The minimum Gasteiger partial charge on any atom is -0.493 e. The molecule has 0 radical (unpaired) electrons. The Bertz CT molecular complexity index is 888. The van der Waals surface area contributed by atoms with Crippen molar-refractivity contribution in [3.05, 3.63) is 58.7 Å². The first kappa shape index (κ1) is 22.7. The summed E-state index contributed by atoms with van der Waals surface area (Å²) in [4.78, 5) is 23.8. The maximum absolute atomic E-state index is 11.9. The van der Waals surface area contributed by atoms with E-state index < -0.39 is 11.8 Å². The predicted octanol–water partition coefficient (Wildman–Crippen LogP) is 1.87. The number of hydrazine groups is 2. The second kappa shape index (κ2) is 11.5. The Morgan fingerprint density at radius 1 is 0.800 bits per heavy atom. The summed E-state index contributed by atoms with van der Waals surface area (Å²) in [6, 6.07) is 10.0. The Balaban J connectivity index is 2.35. The third-order valence-corrected chi connectivity index (χ3v) is 3.99. The van der Waals surface area contributed by atoms with Crippen LogP contribution < -0.4 is 32.0 Å². The van der Waals surface area contributed by atoms with Gasteiger partial charge in [-0.05, 0) is 49.2 Å². The van der Waals surface area contributed by atoms with E-state index in [1.54, 1.807) is 36.4 Å². The van der Waals surface area contributed by atoms with Gasteiger partial charge in [-0.2, -0.15) is 0 Å². The first-order valence-electron chi connectivity index (χ1n) is 9.61. The molecule has 8 heteroatoms. The summed E-state index contributed by atoms with van der Waals surface area (Å²) in [5, 5.41) is 0. The molecule has 30 heavy (non-hydrogen) atoms. The van der Waals surface area contributed by atoms with Gasteiger partial charge in [0, 0.05) is 11.1 Å². The topological polar surface area (TPSA) is 129 Å². The summed E-state index contributed by atoms with van der Waals surface area (Å²) < 4.78 is 11.3. The molecule has 2 aromatic rings. The minimum absolute atomic E-state index is 0.337. The summed E-state index contributed by atoms with van der Waals surface area (Å²) >= 11 is 0. The lowest BCUT2D eigenvalue weighted by Crippen LogP contribution is -2.30. The van der Waals surface area contributed by atoms with Gasteiger partial charge >= 0.3 is 0 Å². The lowest BCUT2D eigenvalue weighted by Gasteiger charge is -2.10. The van der Waals surface area contributed by atoms with E-state index in [0.29, 0.717) is 47.0 Å². The molecule has 0 fully saturated rings. The molecule has 0 atom stereocenters. The molecule has 0 spiro atoms. The maximum atomic E-state index is 11.9. The molecule has 8 nitrogen and oxygen atoms in total. The second-order valence-electron chi connectivity index (χ2n) is 6.32. The number of rotatable bonds is 8. The highest BCUT2D eigenvalue weighted by atomic mass is 16.5. The number of carbonyl (C=O) groups excluding carboxylic acids is 2. The van der Waals surface area contributed by atoms with Crippen LogP contribution in [0, 0.1) is 11.8 Å². The Hall–Kier alpha value is -3.54. The van der Waals surface area contributed by atoms with E-state index in [9.17, 15) is 9.59 Å². The standard InChI is InChI=1S/C22H26N4O4/c1-3-11-29-19-13-15(7-9-17(19)21(27)25-23)5-6-16-8-10-18(22(28)26-24)20(14-16)30-12-4-2/h7-10,13-14H,3-4,11-12,23-24H2,1-2H3,(H,25,27)(H,26,28). The van der Waals surface area contributed by atoms with E-state index >= 15 is 0 Å². The van der Waals surface area contributed by atoms with Gasteiger partial charge in [-0.15, -0.1) is 0 Å². The maximum Gasteiger partial charge on any atom is 0.268 e. The number of hydrogen-bond donors (Lipinski definition) is 4. The van der Waals surface area contributed by atoms with Crippen molar-refractivity contribution in [3.63, 3.8) is 0 Å². The van der Waals surface area contributed by atoms with E-state index in [1.807, 2.05) is 13.8 Å². The average Bonchev–Trinajstić information content (AvgIpc) is 2.78. The van der Waals surface area contributed by atoms with Gasteiger partial charge in [-0.3, -0.25) is 20.4 Å². The highest BCUT2D eigenvalue weighted by Crippen LogP contribution is 2.22. The zero-order chi connectivity index (χ0) is 21.9. The Morgan fingerprint density at radius 2 is 1.20 bits per heavy atom. The quantitative estimate of drug-likeness (QED) is 0.228. The zero-order valence-electron chi connectivity index (χ0n) is 17.1. The molecular weight excluding hydrogens is 384 g/mol. The van der Waals surface area contributed by atoms with Crippen molar-refractivity contribution in [3.8, 4) is 23.3 Å². The van der Waals surface area contributed by atoms with Crippen LogP contribution in [0.25, 0.3) is 0 Å². The Morgan fingerprint density at radius 3 is 1.53 bits per heavy atom. The fourth-order valence-corrected chi connectivity index (χ4v) is 2.54. The average molecular weight is 410 g/mol. The molecule has 2 aromatic carbocycles. The summed E-state index contributed by atoms with van der Waals surface area (Å²) in [5.74, 6) is 16.5. The van der Waals surface area contributed by atoms with Gasteiger partial charge in [0.1, 0.15) is 11.5 Å². The first-order chi connectivity index (χ1) is 14.5. The number of hydrogen-bond acceptors (Lipinski definition) is 6. The van der Waals surface area contributed by atoms with Crippen molar-refractivity contribution in [1.82, 2.24) is 10.9 Å². The van der Waals surface area contributed by atoms with E-state index in [2.05, 4.69) is 22.7 Å². The third kappa shape index (κ3) is 5.98. The Labute approximate surface area is 175 Å². The molecule has 0 aromatic heterocycles. The number of benzene rings is 2.